The Bertz CT molecular complexity index is 507. The van der Waals surface area contributed by atoms with E-state index >= 15 is 0 Å². The zero-order valence-corrected chi connectivity index (χ0v) is 12.0. The van der Waals surface area contributed by atoms with Crippen LogP contribution in [-0.2, 0) is 6.42 Å². The van der Waals surface area contributed by atoms with Crippen molar-refractivity contribution in [2.75, 3.05) is 13.7 Å². The minimum atomic E-state index is 0.560. The first-order valence-electron chi connectivity index (χ1n) is 6.36. The van der Waals surface area contributed by atoms with Crippen molar-refractivity contribution in [3.8, 4) is 5.75 Å². The minimum absolute atomic E-state index is 0.560. The number of hydrogen-bond donors (Lipinski definition) is 1. The van der Waals surface area contributed by atoms with Crippen LogP contribution in [0.3, 0.4) is 0 Å². The molecule has 0 radical (unpaired) electrons. The first-order valence-corrected chi connectivity index (χ1v) is 7.17. The second-order valence-corrected chi connectivity index (χ2v) is 5.77. The number of ether oxygens (including phenoxy) is 1. The molecule has 0 saturated heterocycles. The van der Waals surface area contributed by atoms with Crippen molar-refractivity contribution in [1.82, 2.24) is 10.3 Å². The average Bonchev–Trinajstić information content (AvgIpc) is 2.75. The van der Waals surface area contributed by atoms with Gasteiger partial charge in [0.05, 0.1) is 22.3 Å². The molecule has 98 valence electrons. The van der Waals surface area contributed by atoms with E-state index < -0.39 is 0 Å². The summed E-state index contributed by atoms with van der Waals surface area (Å²) in [6, 6.07) is 6.61. The third kappa shape index (κ3) is 3.43. The van der Waals surface area contributed by atoms with Gasteiger partial charge in [0.25, 0.3) is 0 Å². The number of rotatable bonds is 6. The van der Waals surface area contributed by atoms with Crippen molar-refractivity contribution in [2.45, 2.75) is 32.7 Å². The molecule has 0 bridgehead atoms. The van der Waals surface area contributed by atoms with Crippen LogP contribution in [0.1, 0.15) is 25.3 Å². The third-order valence-electron chi connectivity index (χ3n) is 2.76. The fraction of sp³-hybridized carbons (Fsp3) is 0.500. The van der Waals surface area contributed by atoms with Crippen LogP contribution in [0, 0.1) is 0 Å². The maximum absolute atomic E-state index is 5.23. The molecule has 0 unspecified atom stereocenters. The summed E-state index contributed by atoms with van der Waals surface area (Å²) < 4.78 is 6.43. The molecule has 0 spiro atoms. The van der Waals surface area contributed by atoms with Crippen molar-refractivity contribution in [3.05, 3.63) is 23.2 Å². The summed E-state index contributed by atoms with van der Waals surface area (Å²) in [6.07, 6.45) is 2.18. The molecule has 1 heterocycles. The average molecular weight is 264 g/mol. The van der Waals surface area contributed by atoms with Crippen LogP contribution < -0.4 is 10.1 Å². The van der Waals surface area contributed by atoms with Gasteiger partial charge in [0.15, 0.2) is 0 Å². The molecule has 0 saturated carbocycles. The first kappa shape index (κ1) is 13.3. The molecule has 2 rings (SSSR count). The van der Waals surface area contributed by atoms with Crippen molar-refractivity contribution >= 4 is 21.6 Å². The number of methoxy groups -OCH3 is 1. The van der Waals surface area contributed by atoms with E-state index in [-0.39, 0.29) is 0 Å². The lowest BCUT2D eigenvalue weighted by atomic mass is 10.3. The van der Waals surface area contributed by atoms with Crippen LogP contribution >= 0.6 is 11.3 Å². The molecule has 0 fully saturated rings. The van der Waals surface area contributed by atoms with E-state index in [0.717, 1.165) is 30.7 Å². The smallest absolute Gasteiger partial charge is 0.120 e. The first-order chi connectivity index (χ1) is 8.69. The zero-order chi connectivity index (χ0) is 13.0. The van der Waals surface area contributed by atoms with E-state index in [1.807, 2.05) is 12.1 Å². The molecule has 0 aliphatic heterocycles. The summed E-state index contributed by atoms with van der Waals surface area (Å²) >= 11 is 1.77. The highest BCUT2D eigenvalue weighted by atomic mass is 32.1. The van der Waals surface area contributed by atoms with Crippen LogP contribution in [0.2, 0.25) is 0 Å². The Morgan fingerprint density at radius 1 is 1.39 bits per heavy atom. The van der Waals surface area contributed by atoms with Gasteiger partial charge < -0.3 is 10.1 Å². The van der Waals surface area contributed by atoms with E-state index in [4.69, 9.17) is 4.74 Å². The Balaban J connectivity index is 1.97. The Hall–Kier alpha value is -1.13. The Morgan fingerprint density at radius 3 is 2.94 bits per heavy atom. The summed E-state index contributed by atoms with van der Waals surface area (Å²) in [5.41, 5.74) is 1.08. The number of fused-ring (bicyclic) bond motifs is 1. The third-order valence-corrected chi connectivity index (χ3v) is 3.84. The second-order valence-electron chi connectivity index (χ2n) is 4.65. The Morgan fingerprint density at radius 2 is 2.22 bits per heavy atom. The van der Waals surface area contributed by atoms with Crippen LogP contribution in [0.4, 0.5) is 0 Å². The highest BCUT2D eigenvalue weighted by Crippen LogP contribution is 2.26. The van der Waals surface area contributed by atoms with E-state index in [1.165, 1.54) is 9.71 Å². The number of hydrogen-bond acceptors (Lipinski definition) is 4. The molecule has 4 heteroatoms. The van der Waals surface area contributed by atoms with Crippen molar-refractivity contribution in [3.63, 3.8) is 0 Å². The summed E-state index contributed by atoms with van der Waals surface area (Å²) in [5.74, 6) is 0.902. The van der Waals surface area contributed by atoms with Gasteiger partial charge in [0, 0.05) is 12.5 Å². The SMILES string of the molecule is COc1ccc2nc(CCCNC(C)C)sc2c1. The number of nitrogens with one attached hydrogen (secondary N) is 1. The fourth-order valence-electron chi connectivity index (χ4n) is 1.82. The fourth-order valence-corrected chi connectivity index (χ4v) is 2.85. The van der Waals surface area contributed by atoms with Crippen LogP contribution in [0.15, 0.2) is 18.2 Å². The largest absolute Gasteiger partial charge is 0.497 e. The van der Waals surface area contributed by atoms with Gasteiger partial charge in [0.1, 0.15) is 5.75 Å². The number of aryl methyl sites for hydroxylation is 1. The summed E-state index contributed by atoms with van der Waals surface area (Å²) in [7, 11) is 1.70. The van der Waals surface area contributed by atoms with Gasteiger partial charge >= 0.3 is 0 Å². The van der Waals surface area contributed by atoms with E-state index in [9.17, 15) is 0 Å². The predicted molar refractivity (Wildman–Crippen MR) is 77.6 cm³/mol. The quantitative estimate of drug-likeness (QED) is 0.813. The maximum atomic E-state index is 5.23. The molecule has 1 N–H and O–H groups in total. The summed E-state index contributed by atoms with van der Waals surface area (Å²) in [6.45, 7) is 5.39. The second kappa shape index (κ2) is 6.16. The Labute approximate surface area is 112 Å². The highest BCUT2D eigenvalue weighted by Gasteiger charge is 2.05. The zero-order valence-electron chi connectivity index (χ0n) is 11.2. The summed E-state index contributed by atoms with van der Waals surface area (Å²) in [4.78, 5) is 4.64. The van der Waals surface area contributed by atoms with Crippen LogP contribution in [0.25, 0.3) is 10.2 Å². The van der Waals surface area contributed by atoms with Gasteiger partial charge in [-0.2, -0.15) is 0 Å². The van der Waals surface area contributed by atoms with Crippen LogP contribution in [0.5, 0.6) is 5.75 Å². The molecule has 18 heavy (non-hydrogen) atoms. The molecule has 0 aliphatic rings. The van der Waals surface area contributed by atoms with Crippen molar-refractivity contribution in [1.29, 1.82) is 0 Å². The number of nitrogens with zero attached hydrogens (tertiary/aromatic N) is 1. The lowest BCUT2D eigenvalue weighted by Crippen LogP contribution is -2.23. The standard InChI is InChI=1S/C14H20N2OS/c1-10(2)15-8-4-5-14-16-12-7-6-11(17-3)9-13(12)18-14/h6-7,9-10,15H,4-5,8H2,1-3H3. The van der Waals surface area contributed by atoms with Gasteiger partial charge in [-0.25, -0.2) is 4.98 Å². The monoisotopic (exact) mass is 264 g/mol. The number of benzene rings is 1. The van der Waals surface area contributed by atoms with Gasteiger partial charge in [0.2, 0.25) is 0 Å². The molecule has 0 amide bonds. The molecule has 0 aliphatic carbocycles. The lowest BCUT2D eigenvalue weighted by Gasteiger charge is -2.05. The molecule has 2 aromatic rings. The van der Waals surface area contributed by atoms with Gasteiger partial charge in [-0.3, -0.25) is 0 Å². The topological polar surface area (TPSA) is 34.1 Å². The van der Waals surface area contributed by atoms with E-state index in [0.29, 0.717) is 6.04 Å². The van der Waals surface area contributed by atoms with Gasteiger partial charge in [-0.15, -0.1) is 11.3 Å². The normalized spacial score (nSPS) is 11.3. The van der Waals surface area contributed by atoms with Crippen molar-refractivity contribution in [2.24, 2.45) is 0 Å². The lowest BCUT2D eigenvalue weighted by molar-refractivity contribution is 0.415. The molecule has 3 nitrogen and oxygen atoms in total. The molecule has 1 aromatic carbocycles. The highest BCUT2D eigenvalue weighted by molar-refractivity contribution is 7.18. The van der Waals surface area contributed by atoms with Crippen molar-refractivity contribution < 1.29 is 4.74 Å². The molecule has 1 aromatic heterocycles. The van der Waals surface area contributed by atoms with Crippen LogP contribution in [-0.4, -0.2) is 24.7 Å². The van der Waals surface area contributed by atoms with Gasteiger partial charge in [-0.1, -0.05) is 13.8 Å². The predicted octanol–water partition coefficient (Wildman–Crippen LogP) is 3.24. The summed E-state index contributed by atoms with van der Waals surface area (Å²) in [5, 5.41) is 4.64. The van der Waals surface area contributed by atoms with Gasteiger partial charge in [-0.05, 0) is 31.2 Å². The molecular weight excluding hydrogens is 244 g/mol. The number of aromatic nitrogens is 1. The Kier molecular flexibility index (Phi) is 4.55. The number of thiazole rings is 1. The minimum Gasteiger partial charge on any atom is -0.497 e. The maximum Gasteiger partial charge on any atom is 0.120 e. The van der Waals surface area contributed by atoms with E-state index in [1.54, 1.807) is 18.4 Å². The molecular formula is C14H20N2OS. The van der Waals surface area contributed by atoms with E-state index in [2.05, 4.69) is 30.2 Å². The molecule has 0 atom stereocenters.